The van der Waals surface area contributed by atoms with Gasteiger partial charge >= 0.3 is 0 Å². The number of ether oxygens (including phenoxy) is 1. The van der Waals surface area contributed by atoms with E-state index in [-0.39, 0.29) is 17.2 Å². The van der Waals surface area contributed by atoms with Crippen molar-refractivity contribution in [3.63, 3.8) is 0 Å². The molecule has 0 saturated heterocycles. The van der Waals surface area contributed by atoms with Crippen molar-refractivity contribution in [2.45, 2.75) is 11.7 Å². The van der Waals surface area contributed by atoms with E-state index in [1.54, 1.807) is 31.4 Å². The first kappa shape index (κ1) is 18.5. The molecule has 0 fully saturated rings. The van der Waals surface area contributed by atoms with E-state index in [4.69, 9.17) is 16.3 Å². The first-order valence-electron chi connectivity index (χ1n) is 7.26. The molecule has 0 saturated carbocycles. The molecule has 8 heteroatoms. The van der Waals surface area contributed by atoms with E-state index in [2.05, 4.69) is 16.9 Å². The van der Waals surface area contributed by atoms with E-state index in [1.165, 1.54) is 16.3 Å². The van der Waals surface area contributed by atoms with Crippen LogP contribution in [0, 0.1) is 0 Å². The van der Waals surface area contributed by atoms with Gasteiger partial charge < -0.3 is 10.1 Å². The number of benzene rings is 1. The third kappa shape index (κ3) is 4.59. The highest BCUT2D eigenvalue weighted by Gasteiger charge is 2.13. The van der Waals surface area contributed by atoms with Gasteiger partial charge in [-0.25, -0.2) is 4.98 Å². The second-order valence-electron chi connectivity index (χ2n) is 4.89. The van der Waals surface area contributed by atoms with Crippen LogP contribution in [-0.4, -0.2) is 41.5 Å². The minimum absolute atomic E-state index is 0.152. The second kappa shape index (κ2) is 8.86. The maximum atomic E-state index is 12.7. The second-order valence-corrected chi connectivity index (χ2v) is 6.27. The minimum Gasteiger partial charge on any atom is -0.383 e. The molecule has 0 spiro atoms. The summed E-state index contributed by atoms with van der Waals surface area (Å²) in [5.74, 6) is -0.00193. The largest absolute Gasteiger partial charge is 0.383 e. The molecule has 1 aromatic carbocycles. The molecule has 1 N–H and O–H groups in total. The van der Waals surface area contributed by atoms with E-state index >= 15 is 0 Å². The number of aromatic nitrogens is 2. The van der Waals surface area contributed by atoms with Crippen LogP contribution < -0.4 is 10.9 Å². The molecule has 0 aliphatic heterocycles. The molecule has 128 valence electrons. The molecule has 2 rings (SSSR count). The Kier molecular flexibility index (Phi) is 6.84. The van der Waals surface area contributed by atoms with Crippen molar-refractivity contribution in [1.29, 1.82) is 0 Å². The Morgan fingerprint density at radius 3 is 3.04 bits per heavy atom. The maximum absolute atomic E-state index is 12.7. The predicted octanol–water partition coefficient (Wildman–Crippen LogP) is 2.09. The molecule has 2 aromatic rings. The van der Waals surface area contributed by atoms with Gasteiger partial charge in [0.2, 0.25) is 5.91 Å². The molecular formula is C16H18ClN3O3S. The average Bonchev–Trinajstić information content (AvgIpc) is 2.57. The van der Waals surface area contributed by atoms with Crippen molar-refractivity contribution in [3.05, 3.63) is 46.2 Å². The van der Waals surface area contributed by atoms with Crippen molar-refractivity contribution < 1.29 is 9.53 Å². The van der Waals surface area contributed by atoms with Crippen molar-refractivity contribution >= 4 is 40.2 Å². The zero-order valence-electron chi connectivity index (χ0n) is 13.3. The third-order valence-electron chi connectivity index (χ3n) is 3.18. The van der Waals surface area contributed by atoms with Gasteiger partial charge in [0.25, 0.3) is 5.56 Å². The molecule has 0 atom stereocenters. The van der Waals surface area contributed by atoms with E-state index in [0.717, 1.165) is 0 Å². The summed E-state index contributed by atoms with van der Waals surface area (Å²) in [5.41, 5.74) is 0.331. The SMILES string of the molecule is C=CCNC(=O)CSc1nc2cc(Cl)ccc2c(=O)n1CCOC. The smallest absolute Gasteiger partial charge is 0.262 e. The van der Waals surface area contributed by atoms with Gasteiger partial charge in [0.15, 0.2) is 5.16 Å². The summed E-state index contributed by atoms with van der Waals surface area (Å²) in [6.07, 6.45) is 1.60. The summed E-state index contributed by atoms with van der Waals surface area (Å²) in [5, 5.41) is 4.13. The Morgan fingerprint density at radius 1 is 1.54 bits per heavy atom. The van der Waals surface area contributed by atoms with Gasteiger partial charge in [-0.05, 0) is 18.2 Å². The van der Waals surface area contributed by atoms with E-state index in [9.17, 15) is 9.59 Å². The Labute approximate surface area is 148 Å². The van der Waals surface area contributed by atoms with Crippen LogP contribution in [0.2, 0.25) is 5.02 Å². The summed E-state index contributed by atoms with van der Waals surface area (Å²) in [6, 6.07) is 4.95. The Balaban J connectivity index is 2.35. The van der Waals surface area contributed by atoms with Crippen LogP contribution in [-0.2, 0) is 16.1 Å². The number of nitrogens with zero attached hydrogens (tertiary/aromatic N) is 2. The van der Waals surface area contributed by atoms with E-state index in [0.29, 0.717) is 40.8 Å². The Bertz CT molecular complexity index is 807. The molecule has 6 nitrogen and oxygen atoms in total. The topological polar surface area (TPSA) is 73.2 Å². The number of amides is 1. The number of halogens is 1. The highest BCUT2D eigenvalue weighted by molar-refractivity contribution is 7.99. The Hall–Kier alpha value is -1.83. The lowest BCUT2D eigenvalue weighted by Gasteiger charge is -2.12. The summed E-state index contributed by atoms with van der Waals surface area (Å²) in [6.45, 7) is 4.68. The molecule has 0 radical (unpaired) electrons. The van der Waals surface area contributed by atoms with Crippen LogP contribution in [0.5, 0.6) is 0 Å². The minimum atomic E-state index is -0.178. The molecule has 1 amide bonds. The lowest BCUT2D eigenvalue weighted by molar-refractivity contribution is -0.118. The van der Waals surface area contributed by atoms with Gasteiger partial charge in [0, 0.05) is 18.7 Å². The first-order chi connectivity index (χ1) is 11.6. The number of rotatable bonds is 8. The molecule has 0 aliphatic carbocycles. The number of carbonyl (C=O) groups is 1. The van der Waals surface area contributed by atoms with Gasteiger partial charge in [-0.1, -0.05) is 29.4 Å². The van der Waals surface area contributed by atoms with E-state index < -0.39 is 0 Å². The maximum Gasteiger partial charge on any atom is 0.262 e. The van der Waals surface area contributed by atoms with Crippen molar-refractivity contribution in [3.8, 4) is 0 Å². The van der Waals surface area contributed by atoms with Crippen molar-refractivity contribution in [2.24, 2.45) is 0 Å². The number of nitrogens with one attached hydrogen (secondary N) is 1. The molecule has 1 heterocycles. The number of methoxy groups -OCH3 is 1. The van der Waals surface area contributed by atoms with Gasteiger partial charge in [0.05, 0.1) is 29.8 Å². The fraction of sp³-hybridized carbons (Fsp3) is 0.312. The molecular weight excluding hydrogens is 350 g/mol. The molecule has 0 unspecified atom stereocenters. The average molecular weight is 368 g/mol. The van der Waals surface area contributed by atoms with Crippen LogP contribution in [0.1, 0.15) is 0 Å². The quantitative estimate of drug-likeness (QED) is 0.439. The predicted molar refractivity (Wildman–Crippen MR) is 96.8 cm³/mol. The van der Waals surface area contributed by atoms with Gasteiger partial charge in [-0.2, -0.15) is 0 Å². The molecule has 24 heavy (non-hydrogen) atoms. The van der Waals surface area contributed by atoms with Gasteiger partial charge in [0.1, 0.15) is 0 Å². The number of hydrogen-bond acceptors (Lipinski definition) is 5. The zero-order valence-corrected chi connectivity index (χ0v) is 14.8. The number of carbonyl (C=O) groups excluding carboxylic acids is 1. The number of hydrogen-bond donors (Lipinski definition) is 1. The lowest BCUT2D eigenvalue weighted by atomic mass is 10.2. The van der Waals surface area contributed by atoms with Crippen LogP contribution in [0.25, 0.3) is 10.9 Å². The third-order valence-corrected chi connectivity index (χ3v) is 4.39. The molecule has 1 aromatic heterocycles. The first-order valence-corrected chi connectivity index (χ1v) is 8.62. The molecule has 0 bridgehead atoms. The van der Waals surface area contributed by atoms with Crippen molar-refractivity contribution in [1.82, 2.24) is 14.9 Å². The monoisotopic (exact) mass is 367 g/mol. The number of fused-ring (bicyclic) bond motifs is 1. The summed E-state index contributed by atoms with van der Waals surface area (Å²) >= 11 is 7.18. The standard InChI is InChI=1S/C16H18ClN3O3S/c1-3-6-18-14(21)10-24-16-19-13-9-11(17)4-5-12(13)15(22)20(16)7-8-23-2/h3-5,9H,1,6-8,10H2,2H3,(H,18,21). The summed E-state index contributed by atoms with van der Waals surface area (Å²) in [4.78, 5) is 28.9. The highest BCUT2D eigenvalue weighted by Crippen LogP contribution is 2.20. The van der Waals surface area contributed by atoms with E-state index in [1.807, 2.05) is 0 Å². The fourth-order valence-electron chi connectivity index (χ4n) is 2.03. The summed E-state index contributed by atoms with van der Waals surface area (Å²) < 4.78 is 6.58. The van der Waals surface area contributed by atoms with Crippen LogP contribution in [0.3, 0.4) is 0 Å². The Morgan fingerprint density at radius 2 is 2.33 bits per heavy atom. The van der Waals surface area contributed by atoms with Gasteiger partial charge in [-0.15, -0.1) is 6.58 Å². The summed E-state index contributed by atoms with van der Waals surface area (Å²) in [7, 11) is 1.56. The zero-order chi connectivity index (χ0) is 17.5. The van der Waals surface area contributed by atoms with Crippen molar-refractivity contribution in [2.75, 3.05) is 26.0 Å². The number of thioether (sulfide) groups is 1. The lowest BCUT2D eigenvalue weighted by Crippen LogP contribution is -2.28. The fourth-order valence-corrected chi connectivity index (χ4v) is 3.05. The molecule has 0 aliphatic rings. The highest BCUT2D eigenvalue weighted by atomic mass is 35.5. The van der Waals surface area contributed by atoms with Crippen LogP contribution in [0.4, 0.5) is 0 Å². The van der Waals surface area contributed by atoms with Gasteiger partial charge in [-0.3, -0.25) is 14.2 Å². The normalized spacial score (nSPS) is 10.8. The van der Waals surface area contributed by atoms with Crippen LogP contribution in [0.15, 0.2) is 40.8 Å². The van der Waals surface area contributed by atoms with Crippen LogP contribution >= 0.6 is 23.4 Å².